The van der Waals surface area contributed by atoms with Crippen LogP contribution in [0, 0.1) is 23.7 Å². The lowest BCUT2D eigenvalue weighted by atomic mass is 9.92. The first kappa shape index (κ1) is 40.9. The monoisotopic (exact) mass is 826 g/mol. The fourth-order valence-electron chi connectivity index (χ4n) is 8.54. The lowest BCUT2D eigenvalue weighted by molar-refractivity contribution is -0.137. The summed E-state index contributed by atoms with van der Waals surface area (Å²) in [5.41, 5.74) is 6.26. The first-order valence-corrected chi connectivity index (χ1v) is 24.0. The van der Waals surface area contributed by atoms with Crippen LogP contribution in [0.5, 0.6) is 0 Å². The van der Waals surface area contributed by atoms with E-state index in [1.165, 1.54) is 17.4 Å². The molecular formula is C40H50N4O7S4. The van der Waals surface area contributed by atoms with E-state index in [0.29, 0.717) is 47.9 Å². The SMILES string of the molecule is CC1(c2cccc(NS(C)(=O)=O)c2)C2CN(C(=O)CCc3ccsc3)CC21.CC1(c2cccc(NS(C)(=O)=O)c2)C2CNCC21.O=C(O)CCc1ccsc1. The molecule has 15 heteroatoms. The number of aryl methyl sites for hydroxylation is 2. The zero-order valence-corrected chi connectivity index (χ0v) is 34.8. The first-order chi connectivity index (χ1) is 26.0. The normalized spacial score (nSPS) is 26.0. The lowest BCUT2D eigenvalue weighted by Crippen LogP contribution is -2.34. The third-order valence-electron chi connectivity index (χ3n) is 11.7. The van der Waals surface area contributed by atoms with Crippen molar-refractivity contribution in [1.82, 2.24) is 10.2 Å². The summed E-state index contributed by atoms with van der Waals surface area (Å²) in [6, 6.07) is 19.5. The van der Waals surface area contributed by atoms with Gasteiger partial charge in [0.15, 0.2) is 0 Å². The number of carboxylic acid groups (broad SMARTS) is 1. The summed E-state index contributed by atoms with van der Waals surface area (Å²) < 4.78 is 50.6. The van der Waals surface area contributed by atoms with Gasteiger partial charge in [0.25, 0.3) is 0 Å². The first-order valence-electron chi connectivity index (χ1n) is 18.4. The number of aliphatic carboxylic acids is 1. The number of hydrogen-bond donors (Lipinski definition) is 4. The Morgan fingerprint density at radius 1 is 0.745 bits per heavy atom. The number of nitrogens with one attached hydrogen (secondary N) is 3. The van der Waals surface area contributed by atoms with Crippen LogP contribution in [-0.2, 0) is 53.3 Å². The number of sulfonamides is 2. The highest BCUT2D eigenvalue weighted by Gasteiger charge is 2.66. The second-order valence-corrected chi connectivity index (χ2v) is 20.6. The number of likely N-dealkylation sites (tertiary alicyclic amines) is 1. The number of thiophene rings is 2. The van der Waals surface area contributed by atoms with E-state index in [1.54, 1.807) is 34.8 Å². The number of nitrogens with zero attached hydrogens (tertiary/aromatic N) is 1. The third-order valence-corrected chi connectivity index (χ3v) is 14.4. The maximum atomic E-state index is 12.5. The number of carboxylic acids is 1. The fraction of sp³-hybridized carbons (Fsp3) is 0.450. The van der Waals surface area contributed by atoms with Gasteiger partial charge in [-0.15, -0.1) is 0 Å². The van der Waals surface area contributed by atoms with Crippen molar-refractivity contribution in [2.75, 3.05) is 48.1 Å². The highest BCUT2D eigenvalue weighted by atomic mass is 32.2. The molecule has 4 heterocycles. The number of hydrogen-bond acceptors (Lipinski definition) is 9. The van der Waals surface area contributed by atoms with Gasteiger partial charge in [-0.25, -0.2) is 16.8 Å². The minimum Gasteiger partial charge on any atom is -0.481 e. The molecule has 55 heavy (non-hydrogen) atoms. The Labute approximate surface area is 332 Å². The van der Waals surface area contributed by atoms with E-state index in [1.807, 2.05) is 51.4 Å². The van der Waals surface area contributed by atoms with Gasteiger partial charge >= 0.3 is 5.97 Å². The van der Waals surface area contributed by atoms with Crippen LogP contribution in [0.1, 0.15) is 48.9 Å². The Morgan fingerprint density at radius 3 is 1.62 bits per heavy atom. The van der Waals surface area contributed by atoms with Crippen LogP contribution < -0.4 is 14.8 Å². The van der Waals surface area contributed by atoms with Crippen LogP contribution >= 0.6 is 22.7 Å². The number of benzene rings is 2. The maximum absolute atomic E-state index is 12.5. The van der Waals surface area contributed by atoms with Gasteiger partial charge in [0.05, 0.1) is 12.5 Å². The number of rotatable bonds is 12. The van der Waals surface area contributed by atoms with Crippen LogP contribution in [0.25, 0.3) is 0 Å². The summed E-state index contributed by atoms with van der Waals surface area (Å²) in [5.74, 6) is 1.82. The van der Waals surface area contributed by atoms with E-state index in [-0.39, 0.29) is 23.2 Å². The Hall–Kier alpha value is -3.76. The third kappa shape index (κ3) is 9.98. The molecule has 0 radical (unpaired) electrons. The van der Waals surface area contributed by atoms with Crippen molar-refractivity contribution in [2.45, 2.75) is 50.4 Å². The molecule has 1 amide bonds. The van der Waals surface area contributed by atoms with Gasteiger partial charge in [0, 0.05) is 48.1 Å². The van der Waals surface area contributed by atoms with Crippen LogP contribution in [0.4, 0.5) is 11.4 Å². The van der Waals surface area contributed by atoms with Crippen molar-refractivity contribution in [1.29, 1.82) is 0 Å². The summed E-state index contributed by atoms with van der Waals surface area (Å²) in [5, 5.41) is 19.8. The molecule has 4 N–H and O–H groups in total. The number of fused-ring (bicyclic) bond motifs is 2. The highest BCUT2D eigenvalue weighted by molar-refractivity contribution is 7.92. The summed E-state index contributed by atoms with van der Waals surface area (Å²) in [6.07, 6.45) is 4.60. The fourth-order valence-corrected chi connectivity index (χ4v) is 11.1. The van der Waals surface area contributed by atoms with Crippen molar-refractivity contribution < 1.29 is 31.5 Å². The molecule has 0 spiro atoms. The van der Waals surface area contributed by atoms with Crippen LogP contribution in [0.15, 0.2) is 82.2 Å². The Morgan fingerprint density at radius 2 is 1.20 bits per heavy atom. The maximum Gasteiger partial charge on any atom is 0.303 e. The lowest BCUT2D eigenvalue weighted by Gasteiger charge is -2.25. The van der Waals surface area contributed by atoms with Crippen molar-refractivity contribution in [3.8, 4) is 0 Å². The number of amides is 1. The van der Waals surface area contributed by atoms with Crippen molar-refractivity contribution in [2.24, 2.45) is 23.7 Å². The van der Waals surface area contributed by atoms with Gasteiger partial charge < -0.3 is 15.3 Å². The molecule has 2 aromatic carbocycles. The Bertz CT molecular complexity index is 2170. The van der Waals surface area contributed by atoms with Crippen molar-refractivity contribution in [3.05, 3.63) is 104 Å². The van der Waals surface area contributed by atoms with E-state index in [9.17, 15) is 26.4 Å². The molecule has 2 aliphatic carbocycles. The smallest absolute Gasteiger partial charge is 0.303 e. The summed E-state index contributed by atoms with van der Waals surface area (Å²) >= 11 is 3.26. The molecule has 8 rings (SSSR count). The molecule has 2 saturated heterocycles. The molecule has 2 aliphatic heterocycles. The molecule has 4 unspecified atom stereocenters. The quantitative estimate of drug-likeness (QED) is 0.135. The van der Waals surface area contributed by atoms with E-state index in [2.05, 4.69) is 52.2 Å². The predicted octanol–water partition coefficient (Wildman–Crippen LogP) is 6.03. The van der Waals surface area contributed by atoms with Gasteiger partial charge in [0.1, 0.15) is 0 Å². The average Bonchev–Trinajstić information content (AvgIpc) is 3.71. The van der Waals surface area contributed by atoms with E-state index in [0.717, 1.165) is 50.0 Å². The van der Waals surface area contributed by atoms with Gasteiger partial charge in [-0.05, 0) is 130 Å². The van der Waals surface area contributed by atoms with E-state index < -0.39 is 26.0 Å². The number of carbonyl (C=O) groups excluding carboxylic acids is 1. The van der Waals surface area contributed by atoms with E-state index in [4.69, 9.17) is 5.11 Å². The Balaban J connectivity index is 0.000000157. The highest BCUT2D eigenvalue weighted by Crippen LogP contribution is 2.63. The molecule has 0 bridgehead atoms. The van der Waals surface area contributed by atoms with Crippen molar-refractivity contribution >= 4 is 66.0 Å². The molecule has 4 atom stereocenters. The van der Waals surface area contributed by atoms with Crippen LogP contribution in [-0.4, -0.2) is 77.4 Å². The molecule has 4 aliphatic rings. The second kappa shape index (κ2) is 16.4. The molecule has 2 aromatic heterocycles. The molecule has 4 fully saturated rings. The van der Waals surface area contributed by atoms with E-state index >= 15 is 0 Å². The Kier molecular flexibility index (Phi) is 12.2. The van der Waals surface area contributed by atoms with Gasteiger partial charge in [-0.3, -0.25) is 19.0 Å². The molecular weight excluding hydrogens is 777 g/mol. The molecule has 11 nitrogen and oxygen atoms in total. The summed E-state index contributed by atoms with van der Waals surface area (Å²) in [7, 11) is -6.48. The van der Waals surface area contributed by atoms with Gasteiger partial charge in [0.2, 0.25) is 26.0 Å². The summed E-state index contributed by atoms with van der Waals surface area (Å²) in [4.78, 5) is 24.6. The number of piperidine rings is 2. The van der Waals surface area contributed by atoms with Crippen LogP contribution in [0.3, 0.4) is 0 Å². The predicted molar refractivity (Wildman–Crippen MR) is 221 cm³/mol. The van der Waals surface area contributed by atoms with Gasteiger partial charge in [-0.2, -0.15) is 22.7 Å². The molecule has 296 valence electrons. The number of carbonyl (C=O) groups is 2. The molecule has 2 saturated carbocycles. The average molecular weight is 827 g/mol. The minimum atomic E-state index is -3.28. The zero-order valence-electron chi connectivity index (χ0n) is 31.5. The van der Waals surface area contributed by atoms with Crippen LogP contribution in [0.2, 0.25) is 0 Å². The zero-order chi connectivity index (χ0) is 39.6. The van der Waals surface area contributed by atoms with Gasteiger partial charge in [-0.1, -0.05) is 38.1 Å². The van der Waals surface area contributed by atoms with Crippen molar-refractivity contribution in [3.63, 3.8) is 0 Å². The molecule has 4 aromatic rings. The largest absolute Gasteiger partial charge is 0.481 e. The number of anilines is 2. The topological polar surface area (TPSA) is 162 Å². The minimum absolute atomic E-state index is 0.0271. The summed E-state index contributed by atoms with van der Waals surface area (Å²) in [6.45, 7) is 8.26. The second-order valence-electron chi connectivity index (χ2n) is 15.5. The standard InChI is InChI=1S/C20H24N2O3S2.C13H18N2O2S.C7H8O2S/c1-20(15-4-3-5-16(10-15)21-27(2,24)25)17-11-22(12-18(17)20)19(23)7-6-14-8-9-26-13-14;1-13(11-7-14-8-12(11)13)9-4-3-5-10(6-9)15-18(2,16)17;8-7(9)2-1-6-3-4-10-5-6/h3-5,8-10,13,17-18,21H,6-7,11-12H2,1-2H3;3-6,11-12,14-15H,7-8H2,1-2H3;3-5H,1-2H2,(H,8,9).